The van der Waals surface area contributed by atoms with Gasteiger partial charge in [0.05, 0.1) is 30.6 Å². The van der Waals surface area contributed by atoms with Crippen LogP contribution in [-0.4, -0.2) is 29.7 Å². The van der Waals surface area contributed by atoms with E-state index in [-0.39, 0.29) is 11.8 Å². The first-order valence-corrected chi connectivity index (χ1v) is 8.84. The van der Waals surface area contributed by atoms with Crippen LogP contribution in [0, 0.1) is 0 Å². The van der Waals surface area contributed by atoms with E-state index in [2.05, 4.69) is 10.3 Å². The molecule has 0 saturated carbocycles. The van der Waals surface area contributed by atoms with Crippen molar-refractivity contribution in [1.82, 2.24) is 9.55 Å². The predicted octanol–water partition coefficient (Wildman–Crippen LogP) is 4.02. The first-order valence-electron chi connectivity index (χ1n) is 8.46. The van der Waals surface area contributed by atoms with Crippen molar-refractivity contribution in [2.75, 3.05) is 19.5 Å². The summed E-state index contributed by atoms with van der Waals surface area (Å²) in [6, 6.07) is 13.1. The lowest BCUT2D eigenvalue weighted by Gasteiger charge is -2.24. The van der Waals surface area contributed by atoms with Crippen molar-refractivity contribution in [2.24, 2.45) is 0 Å². The third-order valence-electron chi connectivity index (χ3n) is 4.70. The minimum absolute atomic E-state index is 0.0731. The Balaban J connectivity index is 1.81. The summed E-state index contributed by atoms with van der Waals surface area (Å²) in [7, 11) is 3.18. The molecule has 1 aromatic heterocycles. The Morgan fingerprint density at radius 1 is 1.15 bits per heavy atom. The van der Waals surface area contributed by atoms with Gasteiger partial charge < -0.3 is 14.8 Å². The lowest BCUT2D eigenvalue weighted by Crippen LogP contribution is -2.25. The van der Waals surface area contributed by atoms with Gasteiger partial charge in [0.15, 0.2) is 11.5 Å². The van der Waals surface area contributed by atoms with Crippen molar-refractivity contribution in [3.8, 4) is 17.2 Å². The van der Waals surface area contributed by atoms with Crippen molar-refractivity contribution in [1.29, 1.82) is 0 Å². The number of anilines is 1. The number of para-hydroxylation sites is 1. The number of nitrogens with one attached hydrogen (secondary N) is 1. The molecule has 0 aliphatic carbocycles. The molecule has 7 heteroatoms. The molecular formula is C20H18ClN3O3. The number of amides is 1. The van der Waals surface area contributed by atoms with Gasteiger partial charge in [0.1, 0.15) is 12.1 Å². The molecule has 0 bridgehead atoms. The Kier molecular flexibility index (Phi) is 4.49. The van der Waals surface area contributed by atoms with E-state index in [4.69, 9.17) is 21.1 Å². The van der Waals surface area contributed by atoms with Crippen LogP contribution in [0.1, 0.15) is 23.6 Å². The Bertz CT molecular complexity index is 1020. The van der Waals surface area contributed by atoms with Crippen LogP contribution in [0.15, 0.2) is 48.8 Å². The average Bonchev–Trinajstić information content (AvgIpc) is 3.10. The molecule has 0 unspecified atom stereocenters. The van der Waals surface area contributed by atoms with Crippen molar-refractivity contribution in [3.05, 3.63) is 65.1 Å². The molecule has 3 aromatic rings. The molecule has 138 valence electrons. The van der Waals surface area contributed by atoms with Crippen LogP contribution in [0.4, 0.5) is 5.82 Å². The van der Waals surface area contributed by atoms with E-state index in [0.29, 0.717) is 28.8 Å². The van der Waals surface area contributed by atoms with Gasteiger partial charge in [-0.1, -0.05) is 29.8 Å². The Morgan fingerprint density at radius 3 is 2.67 bits per heavy atom. The molecule has 2 heterocycles. The lowest BCUT2D eigenvalue weighted by atomic mass is 9.89. The largest absolute Gasteiger partial charge is 0.493 e. The van der Waals surface area contributed by atoms with Gasteiger partial charge >= 0.3 is 0 Å². The summed E-state index contributed by atoms with van der Waals surface area (Å²) in [5, 5.41) is 3.52. The zero-order chi connectivity index (χ0) is 19.0. The van der Waals surface area contributed by atoms with Gasteiger partial charge in [-0.15, -0.1) is 0 Å². The molecule has 2 aromatic carbocycles. The number of aromatic nitrogens is 2. The summed E-state index contributed by atoms with van der Waals surface area (Å²) in [6.45, 7) is 0. The number of hydrogen-bond donors (Lipinski definition) is 1. The van der Waals surface area contributed by atoms with Crippen LogP contribution in [0.3, 0.4) is 0 Å². The minimum atomic E-state index is -0.183. The second-order valence-electron chi connectivity index (χ2n) is 6.22. The van der Waals surface area contributed by atoms with Crippen LogP contribution >= 0.6 is 11.6 Å². The van der Waals surface area contributed by atoms with E-state index in [9.17, 15) is 4.79 Å². The highest BCUT2D eigenvalue weighted by Crippen LogP contribution is 2.40. The van der Waals surface area contributed by atoms with Crippen LogP contribution in [0.2, 0.25) is 5.02 Å². The lowest BCUT2D eigenvalue weighted by molar-refractivity contribution is -0.116. The number of methoxy groups -OCH3 is 2. The van der Waals surface area contributed by atoms with Crippen molar-refractivity contribution < 1.29 is 14.3 Å². The normalized spacial score (nSPS) is 15.8. The smallest absolute Gasteiger partial charge is 0.226 e. The standard InChI is InChI=1S/C20H18ClN3O3/c1-26-16-8-7-12(9-17(16)27-2)13-10-18(25)23-20-19(13)22-11-24(20)15-6-4-3-5-14(15)21/h3-9,11,13H,10H2,1-2H3,(H,23,25)/t13-/m0/s1. The molecule has 0 radical (unpaired) electrons. The highest BCUT2D eigenvalue weighted by atomic mass is 35.5. The number of halogens is 1. The number of imidazole rings is 1. The Labute approximate surface area is 161 Å². The molecule has 0 fully saturated rings. The zero-order valence-corrected chi connectivity index (χ0v) is 15.7. The maximum absolute atomic E-state index is 12.4. The predicted molar refractivity (Wildman–Crippen MR) is 103 cm³/mol. The average molecular weight is 384 g/mol. The maximum Gasteiger partial charge on any atom is 0.226 e. The number of rotatable bonds is 4. The van der Waals surface area contributed by atoms with Crippen LogP contribution in [0.25, 0.3) is 5.69 Å². The molecule has 0 spiro atoms. The fourth-order valence-electron chi connectivity index (χ4n) is 3.38. The van der Waals surface area contributed by atoms with Gasteiger partial charge in [-0.05, 0) is 29.8 Å². The Morgan fingerprint density at radius 2 is 1.93 bits per heavy atom. The highest BCUT2D eigenvalue weighted by Gasteiger charge is 2.31. The first-order chi connectivity index (χ1) is 13.1. The number of carbonyl (C=O) groups excluding carboxylic acids is 1. The molecule has 27 heavy (non-hydrogen) atoms. The number of ether oxygens (including phenoxy) is 2. The highest BCUT2D eigenvalue weighted by molar-refractivity contribution is 6.32. The topological polar surface area (TPSA) is 65.4 Å². The number of carbonyl (C=O) groups is 1. The van der Waals surface area contributed by atoms with Crippen molar-refractivity contribution >= 4 is 23.3 Å². The van der Waals surface area contributed by atoms with Gasteiger partial charge in [-0.3, -0.25) is 9.36 Å². The fraction of sp³-hybridized carbons (Fsp3) is 0.200. The van der Waals surface area contributed by atoms with E-state index >= 15 is 0 Å². The van der Waals surface area contributed by atoms with E-state index in [1.165, 1.54) is 0 Å². The fourth-order valence-corrected chi connectivity index (χ4v) is 3.61. The molecule has 6 nitrogen and oxygen atoms in total. The molecule has 1 amide bonds. The molecule has 4 rings (SSSR count). The summed E-state index contributed by atoms with van der Waals surface area (Å²) in [4.78, 5) is 17.0. The third kappa shape index (κ3) is 3.02. The van der Waals surface area contributed by atoms with Crippen LogP contribution < -0.4 is 14.8 Å². The van der Waals surface area contributed by atoms with Crippen molar-refractivity contribution in [3.63, 3.8) is 0 Å². The molecular weight excluding hydrogens is 366 g/mol. The van der Waals surface area contributed by atoms with E-state index in [0.717, 1.165) is 16.9 Å². The molecule has 1 atom stereocenters. The summed E-state index contributed by atoms with van der Waals surface area (Å²) in [5.41, 5.74) is 2.50. The maximum atomic E-state index is 12.4. The van der Waals surface area contributed by atoms with Crippen molar-refractivity contribution in [2.45, 2.75) is 12.3 Å². The number of nitrogens with zero attached hydrogens (tertiary/aromatic N) is 2. The summed E-state index contributed by atoms with van der Waals surface area (Å²) in [5.74, 6) is 1.64. The number of hydrogen-bond acceptors (Lipinski definition) is 4. The van der Waals surface area contributed by atoms with Gasteiger partial charge in [0.25, 0.3) is 0 Å². The zero-order valence-electron chi connectivity index (χ0n) is 14.9. The Hall–Kier alpha value is -2.99. The van der Waals surface area contributed by atoms with Gasteiger partial charge in [-0.25, -0.2) is 4.98 Å². The van der Waals surface area contributed by atoms with E-state index < -0.39 is 0 Å². The molecule has 0 saturated heterocycles. The van der Waals surface area contributed by atoms with E-state index in [1.54, 1.807) is 26.6 Å². The molecule has 1 N–H and O–H groups in total. The summed E-state index contributed by atoms with van der Waals surface area (Å²) in [6.07, 6.45) is 1.99. The van der Waals surface area contributed by atoms with Crippen LogP contribution in [0.5, 0.6) is 11.5 Å². The molecule has 1 aliphatic rings. The second kappa shape index (κ2) is 6.96. The minimum Gasteiger partial charge on any atom is -0.493 e. The van der Waals surface area contributed by atoms with Crippen LogP contribution in [-0.2, 0) is 4.79 Å². The first kappa shape index (κ1) is 17.4. The van der Waals surface area contributed by atoms with E-state index in [1.807, 2.05) is 41.0 Å². The monoisotopic (exact) mass is 383 g/mol. The quantitative estimate of drug-likeness (QED) is 0.739. The SMILES string of the molecule is COc1ccc([C@@H]2CC(=O)Nc3c2ncn3-c2ccccc2Cl)cc1OC. The third-order valence-corrected chi connectivity index (χ3v) is 5.01. The summed E-state index contributed by atoms with van der Waals surface area (Å²) < 4.78 is 12.5. The van der Waals surface area contributed by atoms with Gasteiger partial charge in [-0.2, -0.15) is 0 Å². The second-order valence-corrected chi connectivity index (χ2v) is 6.63. The van der Waals surface area contributed by atoms with Gasteiger partial charge in [0.2, 0.25) is 5.91 Å². The van der Waals surface area contributed by atoms with Gasteiger partial charge in [0, 0.05) is 12.3 Å². The summed E-state index contributed by atoms with van der Waals surface area (Å²) >= 11 is 6.33. The molecule has 1 aliphatic heterocycles. The number of benzene rings is 2. The number of fused-ring (bicyclic) bond motifs is 1.